The van der Waals surface area contributed by atoms with Gasteiger partial charge >= 0.3 is 5.97 Å². The summed E-state index contributed by atoms with van der Waals surface area (Å²) in [6, 6.07) is 16.8. The van der Waals surface area contributed by atoms with Gasteiger partial charge in [-0.2, -0.15) is 0 Å². The number of rotatable bonds is 8. The van der Waals surface area contributed by atoms with Crippen molar-refractivity contribution >= 4 is 17.6 Å². The molecule has 1 heterocycles. The van der Waals surface area contributed by atoms with Crippen LogP contribution >= 0.6 is 0 Å². The van der Waals surface area contributed by atoms with Crippen molar-refractivity contribution < 1.29 is 23.6 Å². The summed E-state index contributed by atoms with van der Waals surface area (Å²) in [4.78, 5) is 25.0. The predicted octanol–water partition coefficient (Wildman–Crippen LogP) is 4.87. The molecule has 0 spiro atoms. The Labute approximate surface area is 181 Å². The van der Waals surface area contributed by atoms with E-state index in [9.17, 15) is 9.59 Å². The number of benzene rings is 2. The Kier molecular flexibility index (Phi) is 7.07. The van der Waals surface area contributed by atoms with Gasteiger partial charge in [0.05, 0.1) is 5.69 Å². The zero-order chi connectivity index (χ0) is 22.4. The molecule has 7 heteroatoms. The number of hydrogen-bond donors (Lipinski definition) is 1. The molecule has 0 bridgehead atoms. The van der Waals surface area contributed by atoms with E-state index < -0.39 is 18.0 Å². The lowest BCUT2D eigenvalue weighted by molar-refractivity contribution is -0.123. The zero-order valence-electron chi connectivity index (χ0n) is 18.0. The second-order valence-corrected chi connectivity index (χ2v) is 7.50. The van der Waals surface area contributed by atoms with Crippen LogP contribution < -0.4 is 10.1 Å². The van der Waals surface area contributed by atoms with Crippen molar-refractivity contribution in [2.24, 2.45) is 0 Å². The Morgan fingerprint density at radius 3 is 2.35 bits per heavy atom. The largest absolute Gasteiger partial charge is 0.489 e. The molecule has 1 N–H and O–H groups in total. The van der Waals surface area contributed by atoms with Gasteiger partial charge in [-0.3, -0.25) is 4.79 Å². The fraction of sp³-hybridized carbons (Fsp3) is 0.292. The molecule has 2 aromatic carbocycles. The smallest absolute Gasteiger partial charge is 0.344 e. The Balaban J connectivity index is 1.55. The van der Waals surface area contributed by atoms with E-state index >= 15 is 0 Å². The van der Waals surface area contributed by atoms with Crippen LogP contribution in [-0.2, 0) is 16.1 Å². The number of aromatic nitrogens is 1. The molecule has 0 aliphatic carbocycles. The quantitative estimate of drug-likeness (QED) is 0.521. The standard InChI is InChI=1S/C24H26N2O5/c1-15(2)22-21(16(3)26-31-22)24(28)30-17(4)23(27)25-19-10-12-20(13-11-19)29-14-18-8-6-5-7-9-18/h5-13,15,17H,14H2,1-4H3,(H,25,27)/t17-/m1/s1. The van der Waals surface area contributed by atoms with Crippen LogP contribution in [0.25, 0.3) is 0 Å². The van der Waals surface area contributed by atoms with Crippen LogP contribution in [0.1, 0.15) is 54.1 Å². The monoisotopic (exact) mass is 422 g/mol. The normalized spacial score (nSPS) is 11.8. The first-order valence-corrected chi connectivity index (χ1v) is 10.1. The van der Waals surface area contributed by atoms with Crippen molar-refractivity contribution in [3.05, 3.63) is 77.2 Å². The number of amides is 1. The topological polar surface area (TPSA) is 90.7 Å². The van der Waals surface area contributed by atoms with Crippen LogP contribution in [-0.4, -0.2) is 23.1 Å². The fourth-order valence-electron chi connectivity index (χ4n) is 2.92. The van der Waals surface area contributed by atoms with Crippen LogP contribution in [0, 0.1) is 6.92 Å². The average molecular weight is 422 g/mol. The maximum atomic E-state index is 12.5. The Hall–Kier alpha value is -3.61. The number of aryl methyl sites for hydroxylation is 1. The van der Waals surface area contributed by atoms with E-state index in [1.165, 1.54) is 6.92 Å². The third-order valence-electron chi connectivity index (χ3n) is 4.64. The average Bonchev–Trinajstić information content (AvgIpc) is 3.15. The molecule has 0 aliphatic rings. The fourth-order valence-corrected chi connectivity index (χ4v) is 2.92. The van der Waals surface area contributed by atoms with Crippen molar-refractivity contribution in [2.75, 3.05) is 5.32 Å². The highest BCUT2D eigenvalue weighted by atomic mass is 16.5. The second kappa shape index (κ2) is 9.93. The van der Waals surface area contributed by atoms with Gasteiger partial charge < -0.3 is 19.3 Å². The predicted molar refractivity (Wildman–Crippen MR) is 116 cm³/mol. The lowest BCUT2D eigenvalue weighted by Gasteiger charge is -2.14. The van der Waals surface area contributed by atoms with Gasteiger partial charge in [-0.05, 0) is 43.7 Å². The third-order valence-corrected chi connectivity index (χ3v) is 4.64. The van der Waals surface area contributed by atoms with E-state index in [4.69, 9.17) is 14.0 Å². The summed E-state index contributed by atoms with van der Waals surface area (Å²) in [6.45, 7) is 7.42. The van der Waals surface area contributed by atoms with Gasteiger partial charge in [-0.25, -0.2) is 4.79 Å². The highest BCUT2D eigenvalue weighted by molar-refractivity contribution is 5.98. The Morgan fingerprint density at radius 1 is 1.03 bits per heavy atom. The summed E-state index contributed by atoms with van der Waals surface area (Å²) < 4.78 is 16.3. The van der Waals surface area contributed by atoms with Gasteiger partial charge in [0.1, 0.15) is 17.9 Å². The lowest BCUT2D eigenvalue weighted by atomic mass is 10.1. The molecule has 3 aromatic rings. The molecule has 1 aromatic heterocycles. The minimum atomic E-state index is -0.990. The second-order valence-electron chi connectivity index (χ2n) is 7.50. The molecule has 0 saturated heterocycles. The van der Waals surface area contributed by atoms with E-state index in [-0.39, 0.29) is 11.5 Å². The Bertz CT molecular complexity index is 1030. The SMILES string of the molecule is Cc1noc(C(C)C)c1C(=O)O[C@H](C)C(=O)Nc1ccc(OCc2ccccc2)cc1. The molecular formula is C24H26N2O5. The van der Waals surface area contributed by atoms with Crippen LogP contribution in [0.15, 0.2) is 59.1 Å². The van der Waals surface area contributed by atoms with Gasteiger partial charge in [-0.1, -0.05) is 49.3 Å². The van der Waals surface area contributed by atoms with E-state index in [1.807, 2.05) is 44.2 Å². The third kappa shape index (κ3) is 5.72. The van der Waals surface area contributed by atoms with E-state index in [0.717, 1.165) is 5.56 Å². The molecule has 1 atom stereocenters. The Morgan fingerprint density at radius 2 is 1.71 bits per heavy atom. The molecule has 31 heavy (non-hydrogen) atoms. The van der Waals surface area contributed by atoms with Crippen LogP contribution in [0.5, 0.6) is 5.75 Å². The molecule has 0 unspecified atom stereocenters. The maximum absolute atomic E-state index is 12.5. The molecule has 7 nitrogen and oxygen atoms in total. The molecule has 1 amide bonds. The first-order valence-electron chi connectivity index (χ1n) is 10.1. The van der Waals surface area contributed by atoms with Gasteiger partial charge in [0, 0.05) is 11.6 Å². The van der Waals surface area contributed by atoms with Crippen molar-refractivity contribution in [1.29, 1.82) is 0 Å². The number of nitrogens with zero attached hydrogens (tertiary/aromatic N) is 1. The first kappa shape index (κ1) is 22.1. The zero-order valence-corrected chi connectivity index (χ0v) is 18.0. The van der Waals surface area contributed by atoms with Crippen molar-refractivity contribution in [3.63, 3.8) is 0 Å². The summed E-state index contributed by atoms with van der Waals surface area (Å²) in [6.07, 6.45) is -0.990. The number of hydrogen-bond acceptors (Lipinski definition) is 6. The van der Waals surface area contributed by atoms with Crippen LogP contribution in [0.2, 0.25) is 0 Å². The number of anilines is 1. The summed E-state index contributed by atoms with van der Waals surface area (Å²) in [5.41, 5.74) is 2.35. The molecule has 162 valence electrons. The number of ether oxygens (including phenoxy) is 2. The molecular weight excluding hydrogens is 396 g/mol. The van der Waals surface area contributed by atoms with Crippen molar-refractivity contribution in [1.82, 2.24) is 5.16 Å². The summed E-state index contributed by atoms with van der Waals surface area (Å²) in [5, 5.41) is 6.57. The molecule has 0 fully saturated rings. The van der Waals surface area contributed by atoms with E-state index in [2.05, 4.69) is 10.5 Å². The number of esters is 1. The number of carbonyl (C=O) groups is 2. The molecule has 0 radical (unpaired) electrons. The summed E-state index contributed by atoms with van der Waals surface area (Å²) in [7, 11) is 0. The van der Waals surface area contributed by atoms with E-state index in [0.29, 0.717) is 29.5 Å². The van der Waals surface area contributed by atoms with Crippen molar-refractivity contribution in [2.45, 2.75) is 46.3 Å². The first-order chi connectivity index (χ1) is 14.8. The van der Waals surface area contributed by atoms with Crippen molar-refractivity contribution in [3.8, 4) is 5.75 Å². The molecule has 3 rings (SSSR count). The van der Waals surface area contributed by atoms with Gasteiger partial charge in [-0.15, -0.1) is 0 Å². The number of nitrogens with one attached hydrogen (secondary N) is 1. The summed E-state index contributed by atoms with van der Waals surface area (Å²) >= 11 is 0. The molecule has 0 saturated carbocycles. The minimum absolute atomic E-state index is 0.0319. The van der Waals surface area contributed by atoms with Gasteiger partial charge in [0.15, 0.2) is 11.9 Å². The van der Waals surface area contributed by atoms with E-state index in [1.54, 1.807) is 31.2 Å². The highest BCUT2D eigenvalue weighted by Gasteiger charge is 2.27. The van der Waals surface area contributed by atoms with Crippen LogP contribution in [0.4, 0.5) is 5.69 Å². The number of carbonyl (C=O) groups excluding carboxylic acids is 2. The van der Waals surface area contributed by atoms with Crippen LogP contribution in [0.3, 0.4) is 0 Å². The minimum Gasteiger partial charge on any atom is -0.489 e. The molecule has 0 aliphatic heterocycles. The van der Waals surface area contributed by atoms with Gasteiger partial charge in [0.2, 0.25) is 0 Å². The maximum Gasteiger partial charge on any atom is 0.344 e. The van der Waals surface area contributed by atoms with Gasteiger partial charge in [0.25, 0.3) is 5.91 Å². The lowest BCUT2D eigenvalue weighted by Crippen LogP contribution is -2.30. The highest BCUT2D eigenvalue weighted by Crippen LogP contribution is 2.23. The summed E-state index contributed by atoms with van der Waals surface area (Å²) in [5.74, 6) is 0.0310.